The molecule has 25 heavy (non-hydrogen) atoms. The molecule has 0 aliphatic rings. The average Bonchev–Trinajstić information content (AvgIpc) is 2.92. The van der Waals surface area contributed by atoms with Crippen LogP contribution in [0.1, 0.15) is 33.4 Å². The number of carbonyl (C=O) groups is 1. The van der Waals surface area contributed by atoms with Crippen molar-refractivity contribution < 1.29 is 4.79 Å². The summed E-state index contributed by atoms with van der Waals surface area (Å²) in [4.78, 5) is 18.4. The summed E-state index contributed by atoms with van der Waals surface area (Å²) in [7, 11) is 0. The third-order valence-corrected chi connectivity index (χ3v) is 5.48. The molecule has 0 saturated heterocycles. The zero-order valence-corrected chi connectivity index (χ0v) is 15.6. The molecule has 0 spiro atoms. The van der Waals surface area contributed by atoms with Crippen LogP contribution in [-0.2, 0) is 13.0 Å². The van der Waals surface area contributed by atoms with Gasteiger partial charge in [-0.25, -0.2) is 4.99 Å². The number of hydrogen-bond acceptors (Lipinski definition) is 3. The second kappa shape index (κ2) is 7.62. The number of aryl methyl sites for hydroxylation is 2. The van der Waals surface area contributed by atoms with E-state index in [-0.39, 0.29) is 5.78 Å². The zero-order valence-electron chi connectivity index (χ0n) is 14.8. The van der Waals surface area contributed by atoms with Crippen LogP contribution >= 0.6 is 11.3 Å². The molecule has 0 saturated carbocycles. The summed E-state index contributed by atoms with van der Waals surface area (Å²) < 4.78 is 2.16. The molecule has 0 fully saturated rings. The largest absolute Gasteiger partial charge is 0.320 e. The number of Topliss-reactive ketones (excluding diaryl/α,β-unsaturated/α-hetero) is 1. The number of thiazole rings is 1. The van der Waals surface area contributed by atoms with Gasteiger partial charge in [-0.2, -0.15) is 0 Å². The zero-order chi connectivity index (χ0) is 17.8. The highest BCUT2D eigenvalue weighted by molar-refractivity contribution is 7.11. The Morgan fingerprint density at radius 1 is 1.04 bits per heavy atom. The van der Waals surface area contributed by atoms with Crippen LogP contribution in [0.5, 0.6) is 0 Å². The summed E-state index contributed by atoms with van der Waals surface area (Å²) in [5, 5.41) is 0. The van der Waals surface area contributed by atoms with E-state index in [9.17, 15) is 4.79 Å². The summed E-state index contributed by atoms with van der Waals surface area (Å²) in [6.45, 7) is 6.50. The van der Waals surface area contributed by atoms with E-state index < -0.39 is 0 Å². The van der Waals surface area contributed by atoms with E-state index in [1.807, 2.05) is 25.1 Å². The summed E-state index contributed by atoms with van der Waals surface area (Å²) in [5.41, 5.74) is 4.41. The molecule has 2 aromatic carbocycles. The first-order valence-electron chi connectivity index (χ1n) is 8.41. The van der Waals surface area contributed by atoms with E-state index in [0.29, 0.717) is 0 Å². The normalized spacial score (nSPS) is 11.7. The van der Waals surface area contributed by atoms with Crippen LogP contribution in [0.15, 0.2) is 59.6 Å². The van der Waals surface area contributed by atoms with Gasteiger partial charge in [0.25, 0.3) is 0 Å². The molecule has 3 nitrogen and oxygen atoms in total. The minimum absolute atomic E-state index is 0.0984. The molecule has 0 radical (unpaired) electrons. The lowest BCUT2D eigenvalue weighted by Gasteiger charge is -2.07. The molecule has 0 atom stereocenters. The maximum Gasteiger partial charge on any atom is 0.190 e. The van der Waals surface area contributed by atoms with Crippen molar-refractivity contribution in [2.45, 2.75) is 33.7 Å². The summed E-state index contributed by atoms with van der Waals surface area (Å²) in [6.07, 6.45) is 0.914. The van der Waals surface area contributed by atoms with Crippen molar-refractivity contribution in [2.75, 3.05) is 0 Å². The Balaban J connectivity index is 2.00. The Labute approximate surface area is 152 Å². The Morgan fingerprint density at radius 2 is 1.72 bits per heavy atom. The fraction of sp³-hybridized carbons (Fsp3) is 0.238. The summed E-state index contributed by atoms with van der Waals surface area (Å²) in [5.74, 6) is 0.0984. The second-order valence-corrected chi connectivity index (χ2v) is 7.17. The molecule has 1 aromatic heterocycles. The monoisotopic (exact) mass is 350 g/mol. The molecule has 1 heterocycles. The lowest BCUT2D eigenvalue weighted by molar-refractivity contribution is 0.102. The van der Waals surface area contributed by atoms with E-state index in [2.05, 4.69) is 47.9 Å². The highest BCUT2D eigenvalue weighted by Crippen LogP contribution is 2.17. The minimum Gasteiger partial charge on any atom is -0.320 e. The van der Waals surface area contributed by atoms with Crippen molar-refractivity contribution in [3.05, 3.63) is 81.1 Å². The fourth-order valence-corrected chi connectivity index (χ4v) is 3.85. The van der Waals surface area contributed by atoms with E-state index in [1.165, 1.54) is 22.5 Å². The van der Waals surface area contributed by atoms with Crippen LogP contribution in [0.3, 0.4) is 0 Å². The molecule has 0 unspecified atom stereocenters. The third kappa shape index (κ3) is 4.15. The first kappa shape index (κ1) is 17.4. The number of rotatable bonds is 5. The molecule has 0 amide bonds. The summed E-state index contributed by atoms with van der Waals surface area (Å²) in [6, 6.07) is 18.5. The Bertz CT molecular complexity index is 934. The Hall–Kier alpha value is -2.46. The molecule has 3 rings (SSSR count). The SMILES string of the molecule is CC(=O)c1sc(=Nc2ccc(C)cc2)n(CCc2ccccc2)c1C. The van der Waals surface area contributed by atoms with Crippen LogP contribution < -0.4 is 4.80 Å². The highest BCUT2D eigenvalue weighted by Gasteiger charge is 2.13. The number of ketones is 1. The van der Waals surface area contributed by atoms with E-state index in [0.717, 1.165) is 34.0 Å². The molecule has 4 heteroatoms. The Morgan fingerprint density at radius 3 is 2.36 bits per heavy atom. The van der Waals surface area contributed by atoms with Crippen LogP contribution in [0, 0.1) is 13.8 Å². The van der Waals surface area contributed by atoms with Gasteiger partial charge in [-0.15, -0.1) is 0 Å². The fourth-order valence-electron chi connectivity index (χ4n) is 2.77. The van der Waals surface area contributed by atoms with E-state index in [4.69, 9.17) is 4.99 Å². The van der Waals surface area contributed by atoms with Gasteiger partial charge in [0.2, 0.25) is 0 Å². The predicted octanol–water partition coefficient (Wildman–Crippen LogP) is 4.84. The number of hydrogen-bond donors (Lipinski definition) is 0. The van der Waals surface area contributed by atoms with Crippen molar-refractivity contribution in [1.82, 2.24) is 4.57 Å². The van der Waals surface area contributed by atoms with Crippen molar-refractivity contribution >= 4 is 22.8 Å². The topological polar surface area (TPSA) is 34.4 Å². The van der Waals surface area contributed by atoms with Crippen LogP contribution in [0.2, 0.25) is 0 Å². The van der Waals surface area contributed by atoms with Gasteiger partial charge < -0.3 is 4.57 Å². The lowest BCUT2D eigenvalue weighted by atomic mass is 10.1. The van der Waals surface area contributed by atoms with Gasteiger partial charge in [0.05, 0.1) is 10.6 Å². The van der Waals surface area contributed by atoms with Crippen molar-refractivity contribution in [3.63, 3.8) is 0 Å². The minimum atomic E-state index is 0.0984. The molecule has 0 N–H and O–H groups in total. The lowest BCUT2D eigenvalue weighted by Crippen LogP contribution is -2.17. The average molecular weight is 350 g/mol. The van der Waals surface area contributed by atoms with Crippen molar-refractivity contribution in [1.29, 1.82) is 0 Å². The smallest absolute Gasteiger partial charge is 0.190 e. The number of aromatic nitrogens is 1. The molecule has 3 aromatic rings. The van der Waals surface area contributed by atoms with Gasteiger partial charge in [-0.1, -0.05) is 59.4 Å². The van der Waals surface area contributed by atoms with Crippen molar-refractivity contribution in [3.8, 4) is 0 Å². The molecule has 0 aliphatic carbocycles. The molecule has 128 valence electrons. The van der Waals surface area contributed by atoms with Gasteiger partial charge >= 0.3 is 0 Å². The van der Waals surface area contributed by atoms with Crippen LogP contribution in [0.25, 0.3) is 0 Å². The maximum absolute atomic E-state index is 12.0. The number of benzene rings is 2. The molecular formula is C21H22N2OS. The Kier molecular flexibility index (Phi) is 5.29. The second-order valence-electron chi connectivity index (χ2n) is 6.19. The van der Waals surface area contributed by atoms with E-state index >= 15 is 0 Å². The first-order chi connectivity index (χ1) is 12.0. The third-order valence-electron chi connectivity index (χ3n) is 4.20. The first-order valence-corrected chi connectivity index (χ1v) is 9.23. The van der Waals surface area contributed by atoms with Gasteiger partial charge in [0.1, 0.15) is 0 Å². The quantitative estimate of drug-likeness (QED) is 0.606. The predicted molar refractivity (Wildman–Crippen MR) is 104 cm³/mol. The van der Waals surface area contributed by atoms with Gasteiger partial charge in [0.15, 0.2) is 10.6 Å². The standard InChI is InChI=1S/C21H22N2OS/c1-15-9-11-19(12-10-15)22-21-23(16(2)20(25-21)17(3)24)14-13-18-7-5-4-6-8-18/h4-12H,13-14H2,1-3H3. The number of nitrogens with zero attached hydrogens (tertiary/aromatic N) is 2. The number of carbonyl (C=O) groups excluding carboxylic acids is 1. The van der Waals surface area contributed by atoms with Gasteiger partial charge in [-0.05, 0) is 38.0 Å². The van der Waals surface area contributed by atoms with Crippen LogP contribution in [0.4, 0.5) is 5.69 Å². The summed E-state index contributed by atoms with van der Waals surface area (Å²) >= 11 is 1.48. The van der Waals surface area contributed by atoms with Gasteiger partial charge in [0, 0.05) is 19.2 Å². The molecular weight excluding hydrogens is 328 g/mol. The molecule has 0 aliphatic heterocycles. The maximum atomic E-state index is 12.0. The van der Waals surface area contributed by atoms with Crippen molar-refractivity contribution in [2.24, 2.45) is 4.99 Å². The molecule has 0 bridgehead atoms. The van der Waals surface area contributed by atoms with Gasteiger partial charge in [-0.3, -0.25) is 4.79 Å². The highest BCUT2D eigenvalue weighted by atomic mass is 32.1. The van der Waals surface area contributed by atoms with E-state index in [1.54, 1.807) is 6.92 Å². The van der Waals surface area contributed by atoms with Crippen LogP contribution in [-0.4, -0.2) is 10.4 Å².